The van der Waals surface area contributed by atoms with Gasteiger partial charge in [-0.25, -0.2) is 0 Å². The molecule has 0 bridgehead atoms. The van der Waals surface area contributed by atoms with Crippen molar-refractivity contribution in [2.24, 2.45) is 9.98 Å². The Balaban J connectivity index is 4.44. The Morgan fingerprint density at radius 1 is 1.60 bits per heavy atom. The van der Waals surface area contributed by atoms with Crippen LogP contribution in [0.1, 0.15) is 27.2 Å². The standard InChI is InChI=1S/C8H14N2/c1-5-8(10-6-2)7(3)9-4/h6H,4-5H2,1-3H3/b8-7-,10-6-. The minimum atomic E-state index is 0.912. The molecule has 0 aliphatic heterocycles. The lowest BCUT2D eigenvalue weighted by atomic mass is 10.3. The van der Waals surface area contributed by atoms with Gasteiger partial charge < -0.3 is 0 Å². The van der Waals surface area contributed by atoms with Gasteiger partial charge in [0.1, 0.15) is 0 Å². The second-order valence-electron chi connectivity index (χ2n) is 1.93. The first-order valence-corrected chi connectivity index (χ1v) is 3.41. The van der Waals surface area contributed by atoms with Gasteiger partial charge in [-0.05, 0) is 27.0 Å². The summed E-state index contributed by atoms with van der Waals surface area (Å²) in [6.45, 7) is 9.29. The topological polar surface area (TPSA) is 24.7 Å². The number of nitrogens with zero attached hydrogens (tertiary/aromatic N) is 2. The molecule has 2 heteroatoms. The lowest BCUT2D eigenvalue weighted by Crippen LogP contribution is -1.80. The average Bonchev–Trinajstić information content (AvgIpc) is 1.99. The normalized spacial score (nSPS) is 13.5. The van der Waals surface area contributed by atoms with Crippen molar-refractivity contribution in [2.75, 3.05) is 0 Å². The fourth-order valence-electron chi connectivity index (χ4n) is 0.688. The molecule has 0 aliphatic carbocycles. The summed E-state index contributed by atoms with van der Waals surface area (Å²) in [7, 11) is 0. The van der Waals surface area contributed by atoms with Crippen molar-refractivity contribution in [1.82, 2.24) is 0 Å². The number of hydrogen-bond acceptors (Lipinski definition) is 2. The highest BCUT2D eigenvalue weighted by molar-refractivity contribution is 5.55. The fraction of sp³-hybridized carbons (Fsp3) is 0.500. The number of allylic oxidation sites excluding steroid dienone is 2. The van der Waals surface area contributed by atoms with E-state index in [1.54, 1.807) is 6.21 Å². The van der Waals surface area contributed by atoms with Gasteiger partial charge in [-0.2, -0.15) is 0 Å². The van der Waals surface area contributed by atoms with E-state index in [-0.39, 0.29) is 0 Å². The molecule has 0 unspecified atom stereocenters. The van der Waals surface area contributed by atoms with E-state index in [9.17, 15) is 0 Å². The van der Waals surface area contributed by atoms with Crippen LogP contribution < -0.4 is 0 Å². The average molecular weight is 138 g/mol. The summed E-state index contributed by atoms with van der Waals surface area (Å²) in [5.41, 5.74) is 1.93. The molecular weight excluding hydrogens is 124 g/mol. The molecule has 0 aliphatic rings. The van der Waals surface area contributed by atoms with Gasteiger partial charge in [-0.3, -0.25) is 9.98 Å². The van der Waals surface area contributed by atoms with Gasteiger partial charge in [0.05, 0.1) is 11.4 Å². The first-order valence-electron chi connectivity index (χ1n) is 3.41. The number of aliphatic imine (C=N–C) groups is 2. The Morgan fingerprint density at radius 2 is 2.20 bits per heavy atom. The van der Waals surface area contributed by atoms with E-state index in [1.807, 2.05) is 13.8 Å². The third kappa shape index (κ3) is 2.58. The SMILES string of the molecule is C=N/C(C)=C(CC)\N=C/C. The zero-order valence-electron chi connectivity index (χ0n) is 6.89. The Labute approximate surface area is 62.4 Å². The van der Waals surface area contributed by atoms with Crippen LogP contribution in [0.4, 0.5) is 0 Å². The number of hydrogen-bond donors (Lipinski definition) is 0. The zero-order valence-corrected chi connectivity index (χ0v) is 6.89. The summed E-state index contributed by atoms with van der Waals surface area (Å²) in [4.78, 5) is 7.93. The lowest BCUT2D eigenvalue weighted by molar-refractivity contribution is 1.02. The lowest BCUT2D eigenvalue weighted by Gasteiger charge is -1.97. The summed E-state index contributed by atoms with van der Waals surface area (Å²) in [5.74, 6) is 0. The molecule has 0 saturated carbocycles. The van der Waals surface area contributed by atoms with Crippen LogP contribution in [0.15, 0.2) is 21.4 Å². The van der Waals surface area contributed by atoms with Crippen LogP contribution in [0.5, 0.6) is 0 Å². The number of rotatable bonds is 3. The summed E-state index contributed by atoms with van der Waals surface area (Å²) in [6.07, 6.45) is 2.68. The summed E-state index contributed by atoms with van der Waals surface area (Å²) in [5, 5.41) is 0. The van der Waals surface area contributed by atoms with Crippen molar-refractivity contribution in [3.05, 3.63) is 11.4 Å². The first-order chi connectivity index (χ1) is 4.76. The maximum atomic E-state index is 4.13. The van der Waals surface area contributed by atoms with Crippen LogP contribution in [-0.2, 0) is 0 Å². The van der Waals surface area contributed by atoms with E-state index in [2.05, 4.69) is 23.6 Å². The van der Waals surface area contributed by atoms with Crippen molar-refractivity contribution < 1.29 is 0 Å². The molecule has 0 fully saturated rings. The molecule has 0 heterocycles. The van der Waals surface area contributed by atoms with E-state index < -0.39 is 0 Å². The molecule has 0 amide bonds. The second-order valence-corrected chi connectivity index (χ2v) is 1.93. The van der Waals surface area contributed by atoms with Gasteiger partial charge in [0.15, 0.2) is 0 Å². The van der Waals surface area contributed by atoms with E-state index >= 15 is 0 Å². The highest BCUT2D eigenvalue weighted by atomic mass is 14.8. The Kier molecular flexibility index (Phi) is 4.46. The summed E-state index contributed by atoms with van der Waals surface area (Å²) >= 11 is 0. The molecule has 0 radical (unpaired) electrons. The summed E-state index contributed by atoms with van der Waals surface area (Å²) < 4.78 is 0. The second kappa shape index (κ2) is 4.91. The molecule has 0 aromatic heterocycles. The molecule has 2 nitrogen and oxygen atoms in total. The van der Waals surface area contributed by atoms with E-state index in [0.29, 0.717) is 0 Å². The van der Waals surface area contributed by atoms with Gasteiger partial charge in [-0.1, -0.05) is 6.92 Å². The molecular formula is C8H14N2. The van der Waals surface area contributed by atoms with Gasteiger partial charge in [0, 0.05) is 6.21 Å². The largest absolute Gasteiger partial charge is 0.267 e. The molecule has 0 saturated heterocycles. The molecule has 0 aromatic rings. The van der Waals surface area contributed by atoms with Crippen molar-refractivity contribution in [1.29, 1.82) is 0 Å². The van der Waals surface area contributed by atoms with Gasteiger partial charge in [-0.15, -0.1) is 0 Å². The van der Waals surface area contributed by atoms with E-state index in [0.717, 1.165) is 17.8 Å². The highest BCUT2D eigenvalue weighted by Crippen LogP contribution is 2.09. The Morgan fingerprint density at radius 3 is 2.50 bits per heavy atom. The predicted molar refractivity (Wildman–Crippen MR) is 46.7 cm³/mol. The van der Waals surface area contributed by atoms with Gasteiger partial charge >= 0.3 is 0 Å². The highest BCUT2D eigenvalue weighted by Gasteiger charge is 1.92. The zero-order chi connectivity index (χ0) is 7.98. The van der Waals surface area contributed by atoms with Crippen molar-refractivity contribution in [3.63, 3.8) is 0 Å². The molecule has 0 rings (SSSR count). The van der Waals surface area contributed by atoms with Crippen LogP contribution in [0.2, 0.25) is 0 Å². The van der Waals surface area contributed by atoms with Crippen LogP contribution in [0.3, 0.4) is 0 Å². The maximum Gasteiger partial charge on any atom is 0.0608 e. The van der Waals surface area contributed by atoms with E-state index in [4.69, 9.17) is 0 Å². The minimum Gasteiger partial charge on any atom is -0.267 e. The fourth-order valence-corrected chi connectivity index (χ4v) is 0.688. The third-order valence-corrected chi connectivity index (χ3v) is 1.27. The van der Waals surface area contributed by atoms with Crippen LogP contribution in [-0.4, -0.2) is 12.9 Å². The molecule has 0 spiro atoms. The van der Waals surface area contributed by atoms with Crippen molar-refractivity contribution >= 4 is 12.9 Å². The monoisotopic (exact) mass is 138 g/mol. The van der Waals surface area contributed by atoms with E-state index in [1.165, 1.54) is 0 Å². The van der Waals surface area contributed by atoms with Gasteiger partial charge in [0.2, 0.25) is 0 Å². The van der Waals surface area contributed by atoms with Crippen LogP contribution in [0.25, 0.3) is 0 Å². The molecule has 0 atom stereocenters. The first kappa shape index (κ1) is 9.08. The van der Waals surface area contributed by atoms with Crippen molar-refractivity contribution in [3.8, 4) is 0 Å². The van der Waals surface area contributed by atoms with Crippen molar-refractivity contribution in [2.45, 2.75) is 27.2 Å². The third-order valence-electron chi connectivity index (χ3n) is 1.27. The smallest absolute Gasteiger partial charge is 0.0608 e. The predicted octanol–water partition coefficient (Wildman–Crippen LogP) is 2.42. The van der Waals surface area contributed by atoms with Crippen LogP contribution in [0, 0.1) is 0 Å². The molecule has 0 N–H and O–H groups in total. The molecule has 10 heavy (non-hydrogen) atoms. The molecule has 0 aromatic carbocycles. The summed E-state index contributed by atoms with van der Waals surface area (Å²) in [6, 6.07) is 0. The molecule has 56 valence electrons. The Hall–Kier alpha value is -0.920. The van der Waals surface area contributed by atoms with Crippen LogP contribution >= 0.6 is 0 Å². The quantitative estimate of drug-likeness (QED) is 0.535. The van der Waals surface area contributed by atoms with Gasteiger partial charge in [0.25, 0.3) is 0 Å². The maximum absolute atomic E-state index is 4.13. The Bertz CT molecular complexity index is 166. The minimum absolute atomic E-state index is 0.912.